The van der Waals surface area contributed by atoms with E-state index in [-0.39, 0.29) is 11.8 Å². The molecule has 1 aromatic carbocycles. The first-order valence-corrected chi connectivity index (χ1v) is 7.11. The van der Waals surface area contributed by atoms with Crippen molar-refractivity contribution >= 4 is 16.8 Å². The van der Waals surface area contributed by atoms with E-state index in [1.807, 2.05) is 20.2 Å². The number of aromatic amines is 1. The van der Waals surface area contributed by atoms with Crippen molar-refractivity contribution in [2.75, 3.05) is 20.1 Å². The highest BCUT2D eigenvalue weighted by Crippen LogP contribution is 2.21. The van der Waals surface area contributed by atoms with Gasteiger partial charge in [0.25, 0.3) is 0 Å². The number of hydrogen-bond donors (Lipinski definition) is 3. The summed E-state index contributed by atoms with van der Waals surface area (Å²) in [6, 6.07) is 6.30. The average molecular weight is 273 g/mol. The summed E-state index contributed by atoms with van der Waals surface area (Å²) in [7, 11) is 1.86. The highest BCUT2D eigenvalue weighted by atomic mass is 16.1. The molecule has 0 aliphatic heterocycles. The van der Waals surface area contributed by atoms with Crippen LogP contribution in [0.1, 0.15) is 18.1 Å². The monoisotopic (exact) mass is 273 g/mol. The van der Waals surface area contributed by atoms with Gasteiger partial charge < -0.3 is 15.6 Å². The Kier molecular flexibility index (Phi) is 4.79. The van der Waals surface area contributed by atoms with Gasteiger partial charge in [0.05, 0.1) is 0 Å². The number of H-pyrrole nitrogens is 1. The fourth-order valence-electron chi connectivity index (χ4n) is 2.46. The summed E-state index contributed by atoms with van der Waals surface area (Å²) in [5.41, 5.74) is 3.70. The van der Waals surface area contributed by atoms with Crippen LogP contribution in [-0.4, -0.2) is 31.0 Å². The fourth-order valence-corrected chi connectivity index (χ4v) is 2.46. The first-order valence-electron chi connectivity index (χ1n) is 7.11. The van der Waals surface area contributed by atoms with Crippen molar-refractivity contribution in [2.24, 2.45) is 5.92 Å². The number of benzene rings is 1. The second-order valence-electron chi connectivity index (χ2n) is 5.31. The largest absolute Gasteiger partial charge is 0.361 e. The standard InChI is InChI=1S/C16H23N3O/c1-11-5-4-6-14-13(10-19-15(11)14)7-8-18-16(20)12(2)9-17-3/h4-6,10,12,17,19H,7-9H2,1-3H3,(H,18,20). The van der Waals surface area contributed by atoms with Crippen LogP contribution >= 0.6 is 0 Å². The predicted octanol–water partition coefficient (Wildman–Crippen LogP) is 1.99. The molecule has 4 nitrogen and oxygen atoms in total. The minimum absolute atomic E-state index is 0.00483. The van der Waals surface area contributed by atoms with Gasteiger partial charge in [-0.2, -0.15) is 0 Å². The molecule has 108 valence electrons. The van der Waals surface area contributed by atoms with E-state index in [2.05, 4.69) is 40.7 Å². The number of hydrogen-bond acceptors (Lipinski definition) is 2. The van der Waals surface area contributed by atoms with Crippen LogP contribution < -0.4 is 10.6 Å². The lowest BCUT2D eigenvalue weighted by Crippen LogP contribution is -2.35. The van der Waals surface area contributed by atoms with Gasteiger partial charge in [0.15, 0.2) is 0 Å². The van der Waals surface area contributed by atoms with E-state index in [1.165, 1.54) is 22.0 Å². The van der Waals surface area contributed by atoms with Crippen molar-refractivity contribution in [1.29, 1.82) is 0 Å². The third kappa shape index (κ3) is 3.20. The minimum atomic E-state index is 0.00483. The summed E-state index contributed by atoms with van der Waals surface area (Å²) in [6.45, 7) is 5.41. The van der Waals surface area contributed by atoms with Gasteiger partial charge in [0.2, 0.25) is 5.91 Å². The summed E-state index contributed by atoms with van der Waals surface area (Å²) in [5, 5.41) is 7.26. The highest BCUT2D eigenvalue weighted by Gasteiger charge is 2.11. The van der Waals surface area contributed by atoms with Crippen LogP contribution in [0.25, 0.3) is 10.9 Å². The third-order valence-electron chi connectivity index (χ3n) is 3.66. The molecular formula is C16H23N3O. The quantitative estimate of drug-likeness (QED) is 0.754. The van der Waals surface area contributed by atoms with E-state index >= 15 is 0 Å². The molecule has 2 rings (SSSR count). The van der Waals surface area contributed by atoms with Crippen molar-refractivity contribution in [3.05, 3.63) is 35.5 Å². The zero-order valence-corrected chi connectivity index (χ0v) is 12.4. The molecule has 1 heterocycles. The Morgan fingerprint density at radius 1 is 1.40 bits per heavy atom. The number of nitrogens with one attached hydrogen (secondary N) is 3. The smallest absolute Gasteiger partial charge is 0.224 e. The molecule has 1 aromatic heterocycles. The molecule has 20 heavy (non-hydrogen) atoms. The highest BCUT2D eigenvalue weighted by molar-refractivity contribution is 5.86. The zero-order valence-electron chi connectivity index (χ0n) is 12.4. The van der Waals surface area contributed by atoms with Crippen LogP contribution in [0.4, 0.5) is 0 Å². The second-order valence-corrected chi connectivity index (χ2v) is 5.31. The molecule has 0 saturated heterocycles. The van der Waals surface area contributed by atoms with Gasteiger partial charge in [-0.15, -0.1) is 0 Å². The van der Waals surface area contributed by atoms with Gasteiger partial charge in [-0.1, -0.05) is 25.1 Å². The SMILES string of the molecule is CNCC(C)C(=O)NCCc1c[nH]c2c(C)cccc12. The Labute approximate surface area is 120 Å². The molecule has 0 fully saturated rings. The number of fused-ring (bicyclic) bond motifs is 1. The molecule has 3 N–H and O–H groups in total. The van der Waals surface area contributed by atoms with Crippen LogP contribution in [0.15, 0.2) is 24.4 Å². The maximum absolute atomic E-state index is 11.8. The van der Waals surface area contributed by atoms with E-state index in [9.17, 15) is 4.79 Å². The number of aromatic nitrogens is 1. The van der Waals surface area contributed by atoms with E-state index in [4.69, 9.17) is 0 Å². The molecule has 0 bridgehead atoms. The van der Waals surface area contributed by atoms with E-state index in [0.717, 1.165) is 6.42 Å². The zero-order chi connectivity index (χ0) is 14.5. The van der Waals surface area contributed by atoms with Gasteiger partial charge in [-0.05, 0) is 31.5 Å². The lowest BCUT2D eigenvalue weighted by atomic mass is 10.1. The lowest BCUT2D eigenvalue weighted by molar-refractivity contribution is -0.124. The first-order chi connectivity index (χ1) is 9.63. The molecule has 0 aliphatic carbocycles. The molecule has 1 amide bonds. The summed E-state index contributed by atoms with van der Waals surface area (Å²) >= 11 is 0. The van der Waals surface area contributed by atoms with Crippen LogP contribution in [0.2, 0.25) is 0 Å². The van der Waals surface area contributed by atoms with Crippen LogP contribution in [0.3, 0.4) is 0 Å². The molecule has 1 atom stereocenters. The number of aryl methyl sites for hydroxylation is 1. The van der Waals surface area contributed by atoms with Crippen molar-refractivity contribution < 1.29 is 4.79 Å². The van der Waals surface area contributed by atoms with Gasteiger partial charge in [-0.25, -0.2) is 0 Å². The van der Waals surface area contributed by atoms with Gasteiger partial charge in [0.1, 0.15) is 0 Å². The topological polar surface area (TPSA) is 56.9 Å². The maximum atomic E-state index is 11.8. The number of para-hydroxylation sites is 1. The van der Waals surface area contributed by atoms with E-state index in [0.29, 0.717) is 13.1 Å². The third-order valence-corrected chi connectivity index (χ3v) is 3.66. The van der Waals surface area contributed by atoms with Crippen molar-refractivity contribution in [1.82, 2.24) is 15.6 Å². The molecule has 0 radical (unpaired) electrons. The minimum Gasteiger partial charge on any atom is -0.361 e. The number of carbonyl (C=O) groups is 1. The Balaban J connectivity index is 1.93. The van der Waals surface area contributed by atoms with Crippen molar-refractivity contribution in [2.45, 2.75) is 20.3 Å². The fraction of sp³-hybridized carbons (Fsp3) is 0.438. The van der Waals surface area contributed by atoms with Gasteiger partial charge in [-0.3, -0.25) is 4.79 Å². The molecule has 1 unspecified atom stereocenters. The van der Waals surface area contributed by atoms with Gasteiger partial charge >= 0.3 is 0 Å². The van der Waals surface area contributed by atoms with Crippen LogP contribution in [0.5, 0.6) is 0 Å². The molecule has 0 spiro atoms. The first kappa shape index (κ1) is 14.6. The summed E-state index contributed by atoms with van der Waals surface area (Å²) in [6.07, 6.45) is 2.89. The molecule has 0 aliphatic rings. The van der Waals surface area contributed by atoms with E-state index < -0.39 is 0 Å². The Hall–Kier alpha value is -1.81. The van der Waals surface area contributed by atoms with Crippen molar-refractivity contribution in [3.63, 3.8) is 0 Å². The summed E-state index contributed by atoms with van der Waals surface area (Å²) < 4.78 is 0. The number of amides is 1. The average Bonchev–Trinajstić information content (AvgIpc) is 2.84. The van der Waals surface area contributed by atoms with Crippen LogP contribution in [-0.2, 0) is 11.2 Å². The summed E-state index contributed by atoms with van der Waals surface area (Å²) in [4.78, 5) is 15.1. The number of rotatable bonds is 6. The van der Waals surface area contributed by atoms with Gasteiger partial charge in [0, 0.05) is 36.1 Å². The predicted molar refractivity (Wildman–Crippen MR) is 82.8 cm³/mol. The lowest BCUT2D eigenvalue weighted by Gasteiger charge is -2.11. The van der Waals surface area contributed by atoms with E-state index in [1.54, 1.807) is 0 Å². The summed E-state index contributed by atoms with van der Waals surface area (Å²) in [5.74, 6) is 0.112. The van der Waals surface area contributed by atoms with Crippen LogP contribution in [0, 0.1) is 12.8 Å². The molecular weight excluding hydrogens is 250 g/mol. The van der Waals surface area contributed by atoms with Crippen molar-refractivity contribution in [3.8, 4) is 0 Å². The Bertz CT molecular complexity index is 588. The second kappa shape index (κ2) is 6.57. The normalized spacial score (nSPS) is 12.6. The molecule has 0 saturated carbocycles. The Morgan fingerprint density at radius 2 is 2.20 bits per heavy atom. The molecule has 2 aromatic rings. The Morgan fingerprint density at radius 3 is 2.95 bits per heavy atom. The number of carbonyl (C=O) groups excluding carboxylic acids is 1. The molecule has 4 heteroatoms. The maximum Gasteiger partial charge on any atom is 0.224 e.